The topological polar surface area (TPSA) is 60.8 Å². The summed E-state index contributed by atoms with van der Waals surface area (Å²) in [4.78, 5) is 12.6. The number of hydrogen-bond donors (Lipinski definition) is 2. The van der Waals surface area contributed by atoms with Crippen LogP contribution >= 0.6 is 11.8 Å². The Kier molecular flexibility index (Phi) is 6.84. The van der Waals surface area contributed by atoms with E-state index in [2.05, 4.69) is 4.90 Å². The minimum absolute atomic E-state index is 0.182. The van der Waals surface area contributed by atoms with Crippen LogP contribution in [0.2, 0.25) is 0 Å². The lowest BCUT2D eigenvalue weighted by Crippen LogP contribution is -2.37. The molecule has 0 radical (unpaired) electrons. The fourth-order valence-corrected chi connectivity index (χ4v) is 2.73. The molecule has 0 aromatic heterocycles. The predicted molar refractivity (Wildman–Crippen MR) is 65.9 cm³/mol. The molecule has 5 heteroatoms. The molecule has 16 heavy (non-hydrogen) atoms. The van der Waals surface area contributed by atoms with Gasteiger partial charge in [0.15, 0.2) is 0 Å². The van der Waals surface area contributed by atoms with Gasteiger partial charge in [-0.05, 0) is 25.9 Å². The van der Waals surface area contributed by atoms with Crippen molar-refractivity contribution in [3.05, 3.63) is 0 Å². The summed E-state index contributed by atoms with van der Waals surface area (Å²) in [5.74, 6) is 0.467. The molecule has 1 aliphatic heterocycles. The van der Waals surface area contributed by atoms with E-state index in [0.717, 1.165) is 19.6 Å². The molecule has 0 aliphatic carbocycles. The summed E-state index contributed by atoms with van der Waals surface area (Å²) in [5.41, 5.74) is 0. The zero-order valence-electron chi connectivity index (χ0n) is 9.60. The van der Waals surface area contributed by atoms with Crippen molar-refractivity contribution < 1.29 is 15.0 Å². The van der Waals surface area contributed by atoms with E-state index in [9.17, 15) is 9.90 Å². The van der Waals surface area contributed by atoms with Crippen LogP contribution < -0.4 is 0 Å². The molecule has 0 aromatic carbocycles. The van der Waals surface area contributed by atoms with Crippen molar-refractivity contribution in [2.75, 3.05) is 31.1 Å². The van der Waals surface area contributed by atoms with Crippen LogP contribution in [0.25, 0.3) is 0 Å². The maximum absolute atomic E-state index is 10.3. The summed E-state index contributed by atoms with van der Waals surface area (Å²) in [5, 5.41) is 18.2. The summed E-state index contributed by atoms with van der Waals surface area (Å²) < 4.78 is 0. The third-order valence-electron chi connectivity index (χ3n) is 2.69. The smallest absolute Gasteiger partial charge is 0.304 e. The van der Waals surface area contributed by atoms with Crippen molar-refractivity contribution in [3.8, 4) is 0 Å². The number of thioether (sulfide) groups is 1. The second-order valence-corrected chi connectivity index (χ2v) is 5.38. The molecule has 0 aromatic rings. The third-order valence-corrected chi connectivity index (χ3v) is 3.80. The second-order valence-electron chi connectivity index (χ2n) is 4.23. The van der Waals surface area contributed by atoms with Crippen LogP contribution in [0.5, 0.6) is 0 Å². The van der Waals surface area contributed by atoms with Crippen molar-refractivity contribution in [2.24, 2.45) is 0 Å². The van der Waals surface area contributed by atoms with Gasteiger partial charge < -0.3 is 15.1 Å². The van der Waals surface area contributed by atoms with E-state index in [4.69, 9.17) is 5.11 Å². The zero-order chi connectivity index (χ0) is 11.8. The van der Waals surface area contributed by atoms with Crippen molar-refractivity contribution in [3.63, 3.8) is 0 Å². The molecule has 0 spiro atoms. The minimum atomic E-state index is -0.766. The Morgan fingerprint density at radius 2 is 2.00 bits per heavy atom. The molecule has 1 unspecified atom stereocenters. The van der Waals surface area contributed by atoms with E-state index in [0.29, 0.717) is 11.5 Å². The highest BCUT2D eigenvalue weighted by Gasteiger charge is 2.14. The van der Waals surface area contributed by atoms with Gasteiger partial charge in [0.2, 0.25) is 0 Å². The predicted octanol–water partition coefficient (Wildman–Crippen LogP) is 1.04. The van der Waals surface area contributed by atoms with Gasteiger partial charge in [-0.15, -0.1) is 0 Å². The van der Waals surface area contributed by atoms with Crippen LogP contribution in [0.3, 0.4) is 0 Å². The molecule has 0 saturated carbocycles. The molecule has 0 amide bonds. The normalized spacial score (nSPS) is 19.6. The van der Waals surface area contributed by atoms with E-state index in [1.807, 2.05) is 0 Å². The lowest BCUT2D eigenvalue weighted by molar-refractivity contribution is -0.136. The minimum Gasteiger partial charge on any atom is -0.481 e. The molecule has 4 nitrogen and oxygen atoms in total. The Morgan fingerprint density at radius 3 is 2.62 bits per heavy atom. The first kappa shape index (κ1) is 13.8. The molecule has 94 valence electrons. The number of β-amino-alcohol motifs (C(OH)–C–C–N with tert-alkyl or cyclic N) is 1. The highest BCUT2D eigenvalue weighted by atomic mass is 32.2. The van der Waals surface area contributed by atoms with E-state index in [1.54, 1.807) is 0 Å². The zero-order valence-corrected chi connectivity index (χ0v) is 10.4. The van der Waals surface area contributed by atoms with Crippen molar-refractivity contribution in [1.29, 1.82) is 0 Å². The van der Waals surface area contributed by atoms with Gasteiger partial charge in [-0.2, -0.15) is 11.8 Å². The lowest BCUT2D eigenvalue weighted by Gasteiger charge is -2.28. The monoisotopic (exact) mass is 247 g/mol. The van der Waals surface area contributed by atoms with Crippen LogP contribution in [0.1, 0.15) is 25.7 Å². The molecule has 1 fully saturated rings. The number of aliphatic hydroxyl groups is 1. The van der Waals surface area contributed by atoms with Gasteiger partial charge in [-0.25, -0.2) is 0 Å². The Balaban J connectivity index is 2.01. The highest BCUT2D eigenvalue weighted by molar-refractivity contribution is 7.99. The lowest BCUT2D eigenvalue weighted by atomic mass is 10.1. The van der Waals surface area contributed by atoms with Gasteiger partial charge in [0.1, 0.15) is 0 Å². The summed E-state index contributed by atoms with van der Waals surface area (Å²) in [7, 11) is 0. The number of nitrogens with zero attached hydrogens (tertiary/aromatic N) is 1. The number of carboxylic acids is 1. The van der Waals surface area contributed by atoms with E-state index in [1.165, 1.54) is 31.0 Å². The maximum atomic E-state index is 10.3. The number of carbonyl (C=O) groups is 1. The fraction of sp³-hybridized carbons (Fsp3) is 0.909. The SMILES string of the molecule is O=C(O)CCSCC(O)CN1CCCCC1. The summed E-state index contributed by atoms with van der Waals surface area (Å²) in [6.45, 7) is 2.92. The van der Waals surface area contributed by atoms with Gasteiger partial charge in [-0.3, -0.25) is 4.79 Å². The van der Waals surface area contributed by atoms with Gasteiger partial charge >= 0.3 is 5.97 Å². The van der Waals surface area contributed by atoms with Crippen molar-refractivity contribution >= 4 is 17.7 Å². The molecule has 1 saturated heterocycles. The third kappa shape index (κ3) is 6.35. The van der Waals surface area contributed by atoms with Gasteiger partial charge in [0.25, 0.3) is 0 Å². The number of carboxylic acid groups (broad SMARTS) is 1. The van der Waals surface area contributed by atoms with Gasteiger partial charge in [-0.1, -0.05) is 6.42 Å². The Labute approximate surface area is 101 Å². The number of aliphatic carboxylic acids is 1. The Morgan fingerprint density at radius 1 is 1.31 bits per heavy atom. The van der Waals surface area contributed by atoms with Crippen LogP contribution in [0.15, 0.2) is 0 Å². The number of rotatable bonds is 7. The average Bonchev–Trinajstić information content (AvgIpc) is 2.25. The molecule has 1 heterocycles. The van der Waals surface area contributed by atoms with Crippen molar-refractivity contribution in [2.45, 2.75) is 31.8 Å². The summed E-state index contributed by atoms with van der Waals surface area (Å²) in [6.07, 6.45) is 3.63. The van der Waals surface area contributed by atoms with E-state index in [-0.39, 0.29) is 12.5 Å². The largest absolute Gasteiger partial charge is 0.481 e. The number of hydrogen-bond acceptors (Lipinski definition) is 4. The number of likely N-dealkylation sites (tertiary alicyclic amines) is 1. The Hall–Kier alpha value is -0.260. The summed E-state index contributed by atoms with van der Waals surface area (Å²) >= 11 is 1.52. The van der Waals surface area contributed by atoms with E-state index < -0.39 is 5.97 Å². The summed E-state index contributed by atoms with van der Waals surface area (Å²) in [6, 6.07) is 0. The quantitative estimate of drug-likeness (QED) is 0.658. The highest BCUT2D eigenvalue weighted by Crippen LogP contribution is 2.11. The molecule has 1 atom stereocenters. The molecule has 1 aliphatic rings. The van der Waals surface area contributed by atoms with Crippen molar-refractivity contribution in [1.82, 2.24) is 4.90 Å². The first-order valence-corrected chi connectivity index (χ1v) is 7.04. The van der Waals surface area contributed by atoms with E-state index >= 15 is 0 Å². The molecule has 1 rings (SSSR count). The number of aliphatic hydroxyl groups excluding tert-OH is 1. The van der Waals surface area contributed by atoms with Crippen LogP contribution in [-0.2, 0) is 4.79 Å². The standard InChI is InChI=1S/C11H21NO3S/c13-10(9-16-7-4-11(14)15)8-12-5-2-1-3-6-12/h10,13H,1-9H2,(H,14,15). The average molecular weight is 247 g/mol. The first-order valence-electron chi connectivity index (χ1n) is 5.88. The molecular formula is C11H21NO3S. The molecular weight excluding hydrogens is 226 g/mol. The Bertz CT molecular complexity index is 207. The van der Waals surface area contributed by atoms with Crippen LogP contribution in [-0.4, -0.2) is 58.3 Å². The van der Waals surface area contributed by atoms with Gasteiger partial charge in [0.05, 0.1) is 12.5 Å². The first-order chi connectivity index (χ1) is 7.68. The second kappa shape index (κ2) is 7.92. The maximum Gasteiger partial charge on any atom is 0.304 e. The fourth-order valence-electron chi connectivity index (χ4n) is 1.87. The molecule has 2 N–H and O–H groups in total. The van der Waals surface area contributed by atoms with Crippen LogP contribution in [0.4, 0.5) is 0 Å². The molecule has 0 bridgehead atoms. The number of piperidine rings is 1. The van der Waals surface area contributed by atoms with Crippen LogP contribution in [0, 0.1) is 0 Å². The van der Waals surface area contributed by atoms with Gasteiger partial charge in [0, 0.05) is 18.1 Å².